The molecule has 0 aliphatic heterocycles. The largest absolute Gasteiger partial charge is 0.365 e. The summed E-state index contributed by atoms with van der Waals surface area (Å²) >= 11 is 0. The van der Waals surface area contributed by atoms with Crippen LogP contribution in [0, 0.1) is 0 Å². The molecule has 10 heavy (non-hydrogen) atoms. The van der Waals surface area contributed by atoms with Crippen LogP contribution in [-0.2, 0) is 14.3 Å². The standard InChI is InChI=1S/C4H10N2O3S/c1-4(6-5-2)9-10(3,7)8/h5H,1-3H3/b6-4+. The molecule has 0 saturated heterocycles. The minimum absolute atomic E-state index is 0.0741. The van der Waals surface area contributed by atoms with E-state index in [4.69, 9.17) is 0 Å². The van der Waals surface area contributed by atoms with E-state index in [2.05, 4.69) is 14.7 Å². The fourth-order valence-corrected chi connectivity index (χ4v) is 0.871. The van der Waals surface area contributed by atoms with Gasteiger partial charge in [-0.3, -0.25) is 0 Å². The van der Waals surface area contributed by atoms with E-state index >= 15 is 0 Å². The van der Waals surface area contributed by atoms with E-state index in [-0.39, 0.29) is 5.90 Å². The topological polar surface area (TPSA) is 67.8 Å². The summed E-state index contributed by atoms with van der Waals surface area (Å²) in [7, 11) is -1.87. The number of hydrogen-bond donors (Lipinski definition) is 1. The van der Waals surface area contributed by atoms with Crippen molar-refractivity contribution in [3.63, 3.8) is 0 Å². The van der Waals surface area contributed by atoms with E-state index < -0.39 is 10.1 Å². The van der Waals surface area contributed by atoms with Gasteiger partial charge in [-0.1, -0.05) is 0 Å². The molecule has 0 amide bonds. The van der Waals surface area contributed by atoms with Crippen molar-refractivity contribution >= 4 is 16.0 Å². The molecule has 60 valence electrons. The summed E-state index contributed by atoms with van der Waals surface area (Å²) in [5.41, 5.74) is 2.39. The highest BCUT2D eigenvalue weighted by molar-refractivity contribution is 7.86. The Hall–Kier alpha value is -0.780. The number of nitrogens with one attached hydrogen (secondary N) is 1. The lowest BCUT2D eigenvalue weighted by molar-refractivity contribution is 0.483. The van der Waals surface area contributed by atoms with Crippen LogP contribution in [0.2, 0.25) is 0 Å². The van der Waals surface area contributed by atoms with Crippen LogP contribution in [0.15, 0.2) is 5.10 Å². The van der Waals surface area contributed by atoms with Crippen LogP contribution in [0.4, 0.5) is 0 Å². The summed E-state index contributed by atoms with van der Waals surface area (Å²) in [6.07, 6.45) is 0.960. The van der Waals surface area contributed by atoms with E-state index in [1.807, 2.05) is 0 Å². The average Bonchev–Trinajstić information content (AvgIpc) is 1.59. The van der Waals surface area contributed by atoms with Crippen LogP contribution in [0.1, 0.15) is 6.92 Å². The van der Waals surface area contributed by atoms with Gasteiger partial charge in [0.25, 0.3) is 0 Å². The van der Waals surface area contributed by atoms with Crippen molar-refractivity contribution in [3.05, 3.63) is 0 Å². The summed E-state index contributed by atoms with van der Waals surface area (Å²) in [6, 6.07) is 0. The Morgan fingerprint density at radius 1 is 1.60 bits per heavy atom. The van der Waals surface area contributed by atoms with Crippen molar-refractivity contribution in [2.75, 3.05) is 13.3 Å². The molecule has 0 aromatic carbocycles. The Morgan fingerprint density at radius 3 is 2.40 bits per heavy atom. The Bertz CT molecular complexity index is 219. The normalized spacial score (nSPS) is 12.9. The fraction of sp³-hybridized carbons (Fsp3) is 0.750. The van der Waals surface area contributed by atoms with Gasteiger partial charge in [-0.25, -0.2) is 0 Å². The van der Waals surface area contributed by atoms with Gasteiger partial charge in [0, 0.05) is 14.0 Å². The van der Waals surface area contributed by atoms with Gasteiger partial charge in [-0.15, -0.1) is 5.10 Å². The first-order valence-corrected chi connectivity index (χ1v) is 4.38. The van der Waals surface area contributed by atoms with Crippen molar-refractivity contribution in [3.8, 4) is 0 Å². The second-order valence-corrected chi connectivity index (χ2v) is 3.22. The van der Waals surface area contributed by atoms with Crippen LogP contribution in [0.25, 0.3) is 0 Å². The van der Waals surface area contributed by atoms with Gasteiger partial charge in [0.1, 0.15) is 0 Å². The lowest BCUT2D eigenvalue weighted by Gasteiger charge is -1.99. The zero-order valence-corrected chi connectivity index (χ0v) is 6.90. The van der Waals surface area contributed by atoms with Crippen LogP contribution < -0.4 is 5.43 Å². The van der Waals surface area contributed by atoms with Gasteiger partial charge >= 0.3 is 10.1 Å². The minimum Gasteiger partial charge on any atom is -0.365 e. The molecule has 0 saturated carbocycles. The molecule has 6 heteroatoms. The zero-order valence-electron chi connectivity index (χ0n) is 6.08. The van der Waals surface area contributed by atoms with Gasteiger partial charge in [-0.05, 0) is 0 Å². The summed E-state index contributed by atoms with van der Waals surface area (Å²) in [5.74, 6) is 0.0741. The zero-order chi connectivity index (χ0) is 8.20. The maximum Gasteiger partial charge on any atom is 0.307 e. The van der Waals surface area contributed by atoms with Crippen molar-refractivity contribution in [1.29, 1.82) is 0 Å². The lowest BCUT2D eigenvalue weighted by atomic mass is 10.8. The average molecular weight is 166 g/mol. The molecule has 0 rings (SSSR count). The maximum atomic E-state index is 10.4. The van der Waals surface area contributed by atoms with E-state index in [9.17, 15) is 8.42 Å². The Balaban J connectivity index is 4.05. The van der Waals surface area contributed by atoms with E-state index in [1.165, 1.54) is 6.92 Å². The van der Waals surface area contributed by atoms with Gasteiger partial charge in [0.2, 0.25) is 5.90 Å². The summed E-state index contributed by atoms with van der Waals surface area (Å²) < 4.78 is 25.1. The molecule has 0 atom stereocenters. The monoisotopic (exact) mass is 166 g/mol. The molecule has 0 aliphatic carbocycles. The third-order valence-corrected chi connectivity index (χ3v) is 1.09. The van der Waals surface area contributed by atoms with Gasteiger partial charge in [-0.2, -0.15) is 8.42 Å². The Kier molecular flexibility index (Phi) is 3.14. The van der Waals surface area contributed by atoms with Gasteiger partial charge in [0.05, 0.1) is 6.26 Å². The third kappa shape index (κ3) is 5.36. The Labute approximate surface area is 60.2 Å². The van der Waals surface area contributed by atoms with Crippen molar-refractivity contribution in [2.45, 2.75) is 6.92 Å². The highest BCUT2D eigenvalue weighted by Crippen LogP contribution is 1.87. The number of rotatable bonds is 2. The van der Waals surface area contributed by atoms with E-state index in [0.29, 0.717) is 0 Å². The maximum absolute atomic E-state index is 10.4. The molecule has 0 heterocycles. The first-order chi connectivity index (χ1) is 4.45. The van der Waals surface area contributed by atoms with Crippen LogP contribution >= 0.6 is 0 Å². The highest BCUT2D eigenvalue weighted by Gasteiger charge is 2.02. The van der Waals surface area contributed by atoms with Crippen molar-refractivity contribution < 1.29 is 12.6 Å². The molecule has 0 spiro atoms. The number of hydrogen-bond acceptors (Lipinski definition) is 5. The SMILES string of the molecule is CN/N=C(\C)OS(C)(=O)=O. The van der Waals surface area contributed by atoms with Crippen molar-refractivity contribution in [2.24, 2.45) is 5.10 Å². The van der Waals surface area contributed by atoms with Gasteiger partial charge in [0.15, 0.2) is 0 Å². The highest BCUT2D eigenvalue weighted by atomic mass is 32.2. The predicted octanol–water partition coefficient (Wildman–Crippen LogP) is -0.485. The molecule has 0 aromatic rings. The summed E-state index contributed by atoms with van der Waals surface area (Å²) in [5, 5.41) is 3.48. The van der Waals surface area contributed by atoms with Crippen LogP contribution in [0.3, 0.4) is 0 Å². The molecule has 5 nitrogen and oxygen atoms in total. The van der Waals surface area contributed by atoms with Crippen LogP contribution in [-0.4, -0.2) is 27.6 Å². The molecule has 0 unspecified atom stereocenters. The van der Waals surface area contributed by atoms with Crippen molar-refractivity contribution in [1.82, 2.24) is 5.43 Å². The summed E-state index contributed by atoms with van der Waals surface area (Å²) in [6.45, 7) is 1.44. The third-order valence-electron chi connectivity index (χ3n) is 0.541. The predicted molar refractivity (Wildman–Crippen MR) is 38.1 cm³/mol. The first kappa shape index (κ1) is 9.22. The first-order valence-electron chi connectivity index (χ1n) is 2.56. The molecule has 0 fully saturated rings. The quantitative estimate of drug-likeness (QED) is 0.260. The molecule has 1 N–H and O–H groups in total. The van der Waals surface area contributed by atoms with E-state index in [0.717, 1.165) is 6.26 Å². The fourth-order valence-electron chi connectivity index (χ4n) is 0.395. The molecular formula is C4H10N2O3S. The molecule has 0 bridgehead atoms. The summed E-state index contributed by atoms with van der Waals surface area (Å²) in [4.78, 5) is 0. The number of nitrogens with zero attached hydrogens (tertiary/aromatic N) is 1. The second kappa shape index (κ2) is 3.40. The smallest absolute Gasteiger partial charge is 0.307 e. The second-order valence-electron chi connectivity index (χ2n) is 1.64. The molecule has 0 aliphatic rings. The molecule has 0 radical (unpaired) electrons. The van der Waals surface area contributed by atoms with E-state index in [1.54, 1.807) is 7.05 Å². The lowest BCUT2D eigenvalue weighted by Crippen LogP contribution is -2.11. The molecular weight excluding hydrogens is 156 g/mol. The van der Waals surface area contributed by atoms with Gasteiger partial charge < -0.3 is 9.61 Å². The minimum atomic E-state index is -3.42. The molecule has 0 aromatic heterocycles. The van der Waals surface area contributed by atoms with Crippen LogP contribution in [0.5, 0.6) is 0 Å². The number of hydrazone groups is 1. The Morgan fingerprint density at radius 2 is 2.10 bits per heavy atom.